The molecule has 92 valence electrons. The molecule has 0 radical (unpaired) electrons. The highest BCUT2D eigenvalue weighted by Gasteiger charge is 2.17. The summed E-state index contributed by atoms with van der Waals surface area (Å²) in [5, 5.41) is 5.97. The lowest BCUT2D eigenvalue weighted by Crippen LogP contribution is -2.48. The van der Waals surface area contributed by atoms with Crippen LogP contribution in [0.3, 0.4) is 0 Å². The van der Waals surface area contributed by atoms with Gasteiger partial charge in [-0.3, -0.25) is 4.79 Å². The molecule has 1 saturated heterocycles. The molecule has 2 N–H and O–H groups in total. The van der Waals surface area contributed by atoms with Crippen LogP contribution in [0, 0.1) is 0 Å². The second-order valence-corrected chi connectivity index (χ2v) is 4.23. The minimum absolute atomic E-state index is 0.0609. The maximum atomic E-state index is 11.3. The number of carbonyl (C=O) groups is 1. The second-order valence-electron chi connectivity index (χ2n) is 4.23. The molecule has 1 atom stereocenters. The van der Waals surface area contributed by atoms with Gasteiger partial charge in [0.25, 0.3) is 0 Å². The van der Waals surface area contributed by atoms with Gasteiger partial charge < -0.3 is 15.5 Å². The van der Waals surface area contributed by atoms with Gasteiger partial charge >= 0.3 is 0 Å². The number of nitrogens with zero attached hydrogens (tertiary/aromatic N) is 2. The van der Waals surface area contributed by atoms with Gasteiger partial charge in [0, 0.05) is 25.3 Å². The SMILES string of the molecule is CNC(C)c1ccc(N2CCNC(=O)C2)nc1. The second kappa shape index (κ2) is 5.14. The summed E-state index contributed by atoms with van der Waals surface area (Å²) in [6.07, 6.45) is 1.86. The first-order valence-corrected chi connectivity index (χ1v) is 5.85. The lowest BCUT2D eigenvalue weighted by molar-refractivity contribution is -0.120. The molecular formula is C12H18N4O. The quantitative estimate of drug-likeness (QED) is 0.789. The van der Waals surface area contributed by atoms with E-state index in [0.29, 0.717) is 19.1 Å². The summed E-state index contributed by atoms with van der Waals surface area (Å²) < 4.78 is 0. The third-order valence-corrected chi connectivity index (χ3v) is 3.07. The summed E-state index contributed by atoms with van der Waals surface area (Å²) in [6, 6.07) is 4.32. The molecule has 0 bridgehead atoms. The number of amides is 1. The van der Waals surface area contributed by atoms with E-state index in [-0.39, 0.29) is 5.91 Å². The summed E-state index contributed by atoms with van der Waals surface area (Å²) >= 11 is 0. The van der Waals surface area contributed by atoms with Crippen molar-refractivity contribution in [2.75, 3.05) is 31.6 Å². The third-order valence-electron chi connectivity index (χ3n) is 3.07. The van der Waals surface area contributed by atoms with Gasteiger partial charge in [-0.05, 0) is 25.6 Å². The molecule has 0 spiro atoms. The minimum atomic E-state index is 0.0609. The standard InChI is InChI=1S/C12H18N4O/c1-9(13-2)10-3-4-11(15-7-10)16-6-5-14-12(17)8-16/h3-4,7,9,13H,5-6,8H2,1-2H3,(H,14,17). The van der Waals surface area contributed by atoms with Gasteiger partial charge in [-0.15, -0.1) is 0 Å². The zero-order valence-electron chi connectivity index (χ0n) is 10.2. The number of hydrogen-bond acceptors (Lipinski definition) is 4. The van der Waals surface area contributed by atoms with E-state index in [1.807, 2.05) is 24.2 Å². The Balaban J connectivity index is 2.09. The van der Waals surface area contributed by atoms with Crippen LogP contribution >= 0.6 is 0 Å². The average Bonchev–Trinajstić information content (AvgIpc) is 2.38. The van der Waals surface area contributed by atoms with Crippen molar-refractivity contribution in [2.45, 2.75) is 13.0 Å². The van der Waals surface area contributed by atoms with E-state index in [1.165, 1.54) is 0 Å². The Kier molecular flexibility index (Phi) is 3.58. The van der Waals surface area contributed by atoms with Crippen LogP contribution in [-0.4, -0.2) is 37.6 Å². The van der Waals surface area contributed by atoms with Crippen molar-refractivity contribution in [3.8, 4) is 0 Å². The summed E-state index contributed by atoms with van der Waals surface area (Å²) in [5.41, 5.74) is 1.15. The van der Waals surface area contributed by atoms with E-state index in [2.05, 4.69) is 28.6 Å². The van der Waals surface area contributed by atoms with E-state index in [9.17, 15) is 4.79 Å². The van der Waals surface area contributed by atoms with Gasteiger partial charge in [0.1, 0.15) is 5.82 Å². The van der Waals surface area contributed by atoms with Crippen LogP contribution in [0.1, 0.15) is 18.5 Å². The van der Waals surface area contributed by atoms with Gasteiger partial charge in [0.05, 0.1) is 6.54 Å². The Bertz CT molecular complexity index is 390. The average molecular weight is 234 g/mol. The molecule has 0 aromatic carbocycles. The van der Waals surface area contributed by atoms with Gasteiger partial charge in [-0.25, -0.2) is 4.98 Å². The molecule has 2 rings (SSSR count). The number of anilines is 1. The van der Waals surface area contributed by atoms with Gasteiger partial charge in [-0.2, -0.15) is 0 Å². The Morgan fingerprint density at radius 2 is 2.35 bits per heavy atom. The van der Waals surface area contributed by atoms with E-state index in [4.69, 9.17) is 0 Å². The Hall–Kier alpha value is -1.62. The van der Waals surface area contributed by atoms with Crippen molar-refractivity contribution in [1.29, 1.82) is 0 Å². The highest BCUT2D eigenvalue weighted by Crippen LogP contribution is 2.16. The largest absolute Gasteiger partial charge is 0.353 e. The van der Waals surface area contributed by atoms with E-state index < -0.39 is 0 Å². The minimum Gasteiger partial charge on any atom is -0.353 e. The van der Waals surface area contributed by atoms with Crippen molar-refractivity contribution >= 4 is 11.7 Å². The predicted molar refractivity (Wildman–Crippen MR) is 66.9 cm³/mol. The molecule has 1 aromatic rings. The maximum absolute atomic E-state index is 11.3. The molecule has 5 nitrogen and oxygen atoms in total. The first kappa shape index (κ1) is 11.9. The molecule has 2 heterocycles. The van der Waals surface area contributed by atoms with Crippen LogP contribution in [0.4, 0.5) is 5.82 Å². The molecule has 0 saturated carbocycles. The Morgan fingerprint density at radius 1 is 1.53 bits per heavy atom. The zero-order chi connectivity index (χ0) is 12.3. The van der Waals surface area contributed by atoms with Crippen molar-refractivity contribution in [2.24, 2.45) is 0 Å². The molecule has 1 aliphatic heterocycles. The van der Waals surface area contributed by atoms with Crippen molar-refractivity contribution in [1.82, 2.24) is 15.6 Å². The van der Waals surface area contributed by atoms with Crippen LogP contribution in [0.25, 0.3) is 0 Å². The fourth-order valence-corrected chi connectivity index (χ4v) is 1.84. The molecule has 17 heavy (non-hydrogen) atoms. The third kappa shape index (κ3) is 2.74. The normalized spacial score (nSPS) is 17.8. The molecule has 1 amide bonds. The van der Waals surface area contributed by atoms with Crippen LogP contribution in [0.15, 0.2) is 18.3 Å². The van der Waals surface area contributed by atoms with Crippen molar-refractivity contribution < 1.29 is 4.79 Å². The zero-order valence-corrected chi connectivity index (χ0v) is 10.2. The van der Waals surface area contributed by atoms with Crippen LogP contribution in [-0.2, 0) is 4.79 Å². The fourth-order valence-electron chi connectivity index (χ4n) is 1.84. The number of aromatic nitrogens is 1. The van der Waals surface area contributed by atoms with Crippen molar-refractivity contribution in [3.05, 3.63) is 23.9 Å². The van der Waals surface area contributed by atoms with Gasteiger partial charge in [0.15, 0.2) is 0 Å². The lowest BCUT2D eigenvalue weighted by Gasteiger charge is -2.27. The van der Waals surface area contributed by atoms with E-state index in [1.54, 1.807) is 0 Å². The molecular weight excluding hydrogens is 216 g/mol. The van der Waals surface area contributed by atoms with E-state index >= 15 is 0 Å². The summed E-state index contributed by atoms with van der Waals surface area (Å²) in [4.78, 5) is 17.7. The van der Waals surface area contributed by atoms with Crippen LogP contribution in [0.5, 0.6) is 0 Å². The van der Waals surface area contributed by atoms with Crippen LogP contribution < -0.4 is 15.5 Å². The lowest BCUT2D eigenvalue weighted by atomic mass is 10.1. The fraction of sp³-hybridized carbons (Fsp3) is 0.500. The van der Waals surface area contributed by atoms with Gasteiger partial charge in [-0.1, -0.05) is 6.07 Å². The molecule has 5 heteroatoms. The molecule has 1 fully saturated rings. The summed E-state index contributed by atoms with van der Waals surface area (Å²) in [5.74, 6) is 0.928. The highest BCUT2D eigenvalue weighted by atomic mass is 16.2. The number of rotatable bonds is 3. The molecule has 1 aromatic heterocycles. The van der Waals surface area contributed by atoms with Crippen LogP contribution in [0.2, 0.25) is 0 Å². The highest BCUT2D eigenvalue weighted by molar-refractivity contribution is 5.82. The number of pyridine rings is 1. The number of piperazine rings is 1. The van der Waals surface area contributed by atoms with E-state index in [0.717, 1.165) is 17.9 Å². The maximum Gasteiger partial charge on any atom is 0.239 e. The molecule has 1 aliphatic rings. The number of hydrogen-bond donors (Lipinski definition) is 2. The monoisotopic (exact) mass is 234 g/mol. The van der Waals surface area contributed by atoms with Gasteiger partial charge in [0.2, 0.25) is 5.91 Å². The Morgan fingerprint density at radius 3 is 2.94 bits per heavy atom. The smallest absolute Gasteiger partial charge is 0.239 e. The first-order valence-electron chi connectivity index (χ1n) is 5.85. The predicted octanol–water partition coefficient (Wildman–Crippen LogP) is 0.298. The topological polar surface area (TPSA) is 57.3 Å². The number of nitrogens with one attached hydrogen (secondary N) is 2. The number of carbonyl (C=O) groups excluding carboxylic acids is 1. The molecule has 0 aliphatic carbocycles. The van der Waals surface area contributed by atoms with Crippen molar-refractivity contribution in [3.63, 3.8) is 0 Å². The summed E-state index contributed by atoms with van der Waals surface area (Å²) in [6.45, 7) is 3.99. The first-order chi connectivity index (χ1) is 8.20. The Labute approximate surface area is 101 Å². The molecule has 1 unspecified atom stereocenters. The summed E-state index contributed by atoms with van der Waals surface area (Å²) in [7, 11) is 1.92.